The molecule has 1 aromatic heterocycles. The Morgan fingerprint density at radius 3 is 2.95 bits per heavy atom. The lowest BCUT2D eigenvalue weighted by atomic mass is 10.2. The van der Waals surface area contributed by atoms with E-state index in [1.807, 2.05) is 23.9 Å². The van der Waals surface area contributed by atoms with Crippen molar-refractivity contribution in [3.8, 4) is 0 Å². The van der Waals surface area contributed by atoms with Crippen molar-refractivity contribution in [1.29, 1.82) is 0 Å². The van der Waals surface area contributed by atoms with E-state index in [9.17, 15) is 0 Å². The monoisotopic (exact) mass is 293 g/mol. The summed E-state index contributed by atoms with van der Waals surface area (Å²) >= 11 is 7.94. The van der Waals surface area contributed by atoms with Gasteiger partial charge in [0.2, 0.25) is 0 Å². The van der Waals surface area contributed by atoms with Gasteiger partial charge in [-0.25, -0.2) is 4.98 Å². The molecule has 1 N–H and O–H groups in total. The first kappa shape index (κ1) is 13.0. The standard InChI is InChI=1S/C14H16ClN3S/c1-18-7-6-16-14(18)19-13-5-2-10(8-12(13)15)9-17-11-3-4-11/h2,5-8,11,17H,3-4,9H2,1H3. The van der Waals surface area contributed by atoms with Gasteiger partial charge in [-0.3, -0.25) is 0 Å². The van der Waals surface area contributed by atoms with Crippen LogP contribution in [0.2, 0.25) is 5.02 Å². The van der Waals surface area contributed by atoms with E-state index < -0.39 is 0 Å². The fraction of sp³-hybridized carbons (Fsp3) is 0.357. The lowest BCUT2D eigenvalue weighted by Gasteiger charge is -2.07. The summed E-state index contributed by atoms with van der Waals surface area (Å²) in [4.78, 5) is 5.34. The minimum Gasteiger partial charge on any atom is -0.329 e. The van der Waals surface area contributed by atoms with Crippen molar-refractivity contribution in [2.75, 3.05) is 0 Å². The number of rotatable bonds is 5. The van der Waals surface area contributed by atoms with Gasteiger partial charge in [-0.05, 0) is 30.5 Å². The fourth-order valence-electron chi connectivity index (χ4n) is 1.84. The zero-order valence-corrected chi connectivity index (χ0v) is 12.3. The number of hydrogen-bond donors (Lipinski definition) is 1. The van der Waals surface area contributed by atoms with Crippen LogP contribution in [0.4, 0.5) is 0 Å². The summed E-state index contributed by atoms with van der Waals surface area (Å²) in [5.74, 6) is 0. The van der Waals surface area contributed by atoms with E-state index in [0.717, 1.165) is 27.7 Å². The molecular weight excluding hydrogens is 278 g/mol. The first-order valence-corrected chi connectivity index (χ1v) is 7.59. The van der Waals surface area contributed by atoms with Crippen molar-refractivity contribution < 1.29 is 0 Å². The molecule has 0 radical (unpaired) electrons. The summed E-state index contributed by atoms with van der Waals surface area (Å²) in [7, 11) is 1.98. The number of imidazole rings is 1. The number of benzene rings is 1. The van der Waals surface area contributed by atoms with Gasteiger partial charge >= 0.3 is 0 Å². The highest BCUT2D eigenvalue weighted by atomic mass is 35.5. The van der Waals surface area contributed by atoms with E-state index in [1.165, 1.54) is 18.4 Å². The van der Waals surface area contributed by atoms with Crippen molar-refractivity contribution in [2.24, 2.45) is 7.05 Å². The molecule has 0 spiro atoms. The molecule has 0 atom stereocenters. The largest absolute Gasteiger partial charge is 0.329 e. The normalized spacial score (nSPS) is 14.8. The number of aromatic nitrogens is 2. The third-order valence-electron chi connectivity index (χ3n) is 3.15. The van der Waals surface area contributed by atoms with Gasteiger partial charge in [0, 0.05) is 36.9 Å². The Morgan fingerprint density at radius 2 is 2.32 bits per heavy atom. The molecule has 2 aromatic rings. The Hall–Kier alpha value is -0.970. The lowest BCUT2D eigenvalue weighted by Crippen LogP contribution is -2.15. The van der Waals surface area contributed by atoms with Crippen LogP contribution >= 0.6 is 23.4 Å². The van der Waals surface area contributed by atoms with E-state index in [4.69, 9.17) is 11.6 Å². The Labute approximate surface area is 122 Å². The summed E-state index contributed by atoms with van der Waals surface area (Å²) in [5, 5.41) is 5.24. The quantitative estimate of drug-likeness (QED) is 0.915. The van der Waals surface area contributed by atoms with Crippen LogP contribution in [0, 0.1) is 0 Å². The average molecular weight is 294 g/mol. The van der Waals surface area contributed by atoms with Crippen LogP contribution in [0.25, 0.3) is 0 Å². The van der Waals surface area contributed by atoms with Crippen molar-refractivity contribution in [2.45, 2.75) is 35.5 Å². The molecule has 1 fully saturated rings. The van der Waals surface area contributed by atoms with Crippen molar-refractivity contribution in [1.82, 2.24) is 14.9 Å². The summed E-state index contributed by atoms with van der Waals surface area (Å²) in [6.45, 7) is 0.901. The summed E-state index contributed by atoms with van der Waals surface area (Å²) < 4.78 is 1.99. The van der Waals surface area contributed by atoms with Gasteiger partial charge in [0.25, 0.3) is 0 Å². The molecule has 0 aliphatic heterocycles. The Morgan fingerprint density at radius 1 is 1.47 bits per heavy atom. The van der Waals surface area contributed by atoms with Crippen molar-refractivity contribution >= 4 is 23.4 Å². The van der Waals surface area contributed by atoms with Gasteiger partial charge in [-0.1, -0.05) is 29.4 Å². The van der Waals surface area contributed by atoms with E-state index in [-0.39, 0.29) is 0 Å². The van der Waals surface area contributed by atoms with Crippen LogP contribution in [0.1, 0.15) is 18.4 Å². The first-order chi connectivity index (χ1) is 9.22. The lowest BCUT2D eigenvalue weighted by molar-refractivity contribution is 0.687. The predicted molar refractivity (Wildman–Crippen MR) is 78.6 cm³/mol. The Kier molecular flexibility index (Phi) is 3.82. The minimum atomic E-state index is 0.723. The van der Waals surface area contributed by atoms with Crippen molar-refractivity contribution in [3.63, 3.8) is 0 Å². The van der Waals surface area contributed by atoms with Crippen LogP contribution in [0.15, 0.2) is 40.6 Å². The topological polar surface area (TPSA) is 29.9 Å². The fourth-order valence-corrected chi connectivity index (χ4v) is 2.96. The SMILES string of the molecule is Cn1ccnc1Sc1ccc(CNC2CC2)cc1Cl. The van der Waals surface area contributed by atoms with Crippen molar-refractivity contribution in [3.05, 3.63) is 41.2 Å². The van der Waals surface area contributed by atoms with Crippen LogP contribution in [-0.2, 0) is 13.6 Å². The van der Waals surface area contributed by atoms with Crippen LogP contribution in [0.5, 0.6) is 0 Å². The Bertz CT molecular complexity index is 578. The first-order valence-electron chi connectivity index (χ1n) is 6.39. The molecule has 0 bridgehead atoms. The molecule has 3 nitrogen and oxygen atoms in total. The highest BCUT2D eigenvalue weighted by Gasteiger charge is 2.20. The van der Waals surface area contributed by atoms with Gasteiger partial charge in [-0.15, -0.1) is 0 Å². The number of nitrogens with one attached hydrogen (secondary N) is 1. The zero-order valence-electron chi connectivity index (χ0n) is 10.8. The molecule has 1 heterocycles. The molecular formula is C14H16ClN3S. The minimum absolute atomic E-state index is 0.723. The van der Waals surface area contributed by atoms with Crippen LogP contribution in [0.3, 0.4) is 0 Å². The zero-order chi connectivity index (χ0) is 13.2. The molecule has 1 aliphatic rings. The molecule has 0 amide bonds. The van der Waals surface area contributed by atoms with E-state index in [1.54, 1.807) is 18.0 Å². The molecule has 0 unspecified atom stereocenters. The molecule has 0 saturated heterocycles. The maximum absolute atomic E-state index is 6.34. The maximum Gasteiger partial charge on any atom is 0.172 e. The molecule has 5 heteroatoms. The predicted octanol–water partition coefficient (Wildman–Crippen LogP) is 3.48. The second-order valence-electron chi connectivity index (χ2n) is 4.84. The van der Waals surface area contributed by atoms with E-state index >= 15 is 0 Å². The highest BCUT2D eigenvalue weighted by Crippen LogP contribution is 2.32. The number of halogens is 1. The smallest absolute Gasteiger partial charge is 0.172 e. The maximum atomic E-state index is 6.34. The van der Waals surface area contributed by atoms with Gasteiger partial charge in [0.15, 0.2) is 5.16 Å². The van der Waals surface area contributed by atoms with E-state index in [0.29, 0.717) is 0 Å². The van der Waals surface area contributed by atoms with E-state index in [2.05, 4.69) is 22.4 Å². The molecule has 1 aliphatic carbocycles. The van der Waals surface area contributed by atoms with Crippen LogP contribution in [-0.4, -0.2) is 15.6 Å². The Balaban J connectivity index is 1.70. The average Bonchev–Trinajstić information content (AvgIpc) is 3.14. The third-order valence-corrected chi connectivity index (χ3v) is 4.72. The summed E-state index contributed by atoms with van der Waals surface area (Å²) in [6, 6.07) is 6.97. The van der Waals surface area contributed by atoms with Gasteiger partial charge in [-0.2, -0.15) is 0 Å². The number of hydrogen-bond acceptors (Lipinski definition) is 3. The molecule has 100 valence electrons. The molecule has 19 heavy (non-hydrogen) atoms. The second kappa shape index (κ2) is 5.57. The number of nitrogens with zero attached hydrogens (tertiary/aromatic N) is 2. The summed E-state index contributed by atoms with van der Waals surface area (Å²) in [6.07, 6.45) is 6.34. The number of aryl methyl sites for hydroxylation is 1. The van der Waals surface area contributed by atoms with Gasteiger partial charge in [0.1, 0.15) is 0 Å². The van der Waals surface area contributed by atoms with Crippen LogP contribution < -0.4 is 5.32 Å². The summed E-state index contributed by atoms with van der Waals surface area (Å²) in [5.41, 5.74) is 1.24. The molecule has 1 saturated carbocycles. The molecule has 3 rings (SSSR count). The third kappa shape index (κ3) is 3.32. The molecule has 1 aromatic carbocycles. The van der Waals surface area contributed by atoms with Gasteiger partial charge in [0.05, 0.1) is 5.02 Å². The highest BCUT2D eigenvalue weighted by molar-refractivity contribution is 7.99. The van der Waals surface area contributed by atoms with Gasteiger partial charge < -0.3 is 9.88 Å². The second-order valence-corrected chi connectivity index (χ2v) is 6.26.